The third-order valence-electron chi connectivity index (χ3n) is 8.51. The molecule has 4 atom stereocenters. The highest BCUT2D eigenvalue weighted by molar-refractivity contribution is 5.93. The average molecular weight is 655 g/mol. The van der Waals surface area contributed by atoms with Gasteiger partial charge in [-0.25, -0.2) is 0 Å². The zero-order chi connectivity index (χ0) is 34.7. The van der Waals surface area contributed by atoms with Crippen LogP contribution in [0.4, 0.5) is 0 Å². The number of phenolic OH excluding ortho intramolecular Hbond substituents is 2. The van der Waals surface area contributed by atoms with E-state index in [2.05, 4.69) is 5.32 Å². The van der Waals surface area contributed by atoms with Gasteiger partial charge in [-0.1, -0.05) is 12.1 Å². The van der Waals surface area contributed by atoms with Crippen LogP contribution in [-0.2, 0) is 32.0 Å². The molecule has 2 aromatic carbocycles. The SMILES string of the molecule is CCN1C(=O)[C@H](CCCN)N(CCC[C@H](N)CC(=O)NCCN)C(=O)[C@@H](N)Cc2cc(ccc2O)-c2ccc(O)c(c2)C[C@H]1C(N)=O. The standard InChI is InChI=1S/C33H50N8O6/c1-2-40-27(31(38)45)18-23-16-21(8-10-29(23)43)20-7-9-28(42)22(15-20)17-25(37)32(46)41(26(33(40)47)6-3-11-34)14-4-5-24(36)19-30(44)39-13-12-35/h7-10,15-16,24-27,42-43H,2-6,11-14,17-19,34-37H2,1H3,(H2,38,45)(H,39,44)/t24-,25-,26-,27-/m0/s1. The molecule has 4 amide bonds. The monoisotopic (exact) mass is 654 g/mol. The Bertz CT molecular complexity index is 1410. The van der Waals surface area contributed by atoms with Crippen molar-refractivity contribution in [2.24, 2.45) is 28.7 Å². The van der Waals surface area contributed by atoms with E-state index < -0.39 is 41.9 Å². The Labute approximate surface area is 275 Å². The molecule has 0 saturated heterocycles. The van der Waals surface area contributed by atoms with E-state index in [4.69, 9.17) is 28.7 Å². The minimum atomic E-state index is -1.14. The van der Waals surface area contributed by atoms with Crippen molar-refractivity contribution in [2.45, 2.75) is 76.0 Å². The number of rotatable bonds is 13. The van der Waals surface area contributed by atoms with E-state index in [9.17, 15) is 29.4 Å². The van der Waals surface area contributed by atoms with Gasteiger partial charge in [0.25, 0.3) is 0 Å². The predicted octanol–water partition coefficient (Wildman–Crippen LogP) is -0.598. The van der Waals surface area contributed by atoms with Gasteiger partial charge in [0.05, 0.1) is 6.04 Å². The van der Waals surface area contributed by atoms with Crippen LogP contribution in [-0.4, -0.2) is 101 Å². The number of fused-ring (bicyclic) bond motifs is 5. The summed E-state index contributed by atoms with van der Waals surface area (Å²) < 4.78 is 0. The molecule has 3 rings (SSSR count). The quantitative estimate of drug-likeness (QED) is 0.136. The molecule has 14 heteroatoms. The number of hydrogen-bond acceptors (Lipinski definition) is 10. The lowest BCUT2D eigenvalue weighted by Crippen LogP contribution is -2.59. The molecule has 1 aliphatic heterocycles. The van der Waals surface area contributed by atoms with Gasteiger partial charge in [0, 0.05) is 51.5 Å². The fourth-order valence-corrected chi connectivity index (χ4v) is 5.98. The van der Waals surface area contributed by atoms with Crippen LogP contribution in [0.1, 0.15) is 50.2 Å². The Balaban J connectivity index is 2.08. The van der Waals surface area contributed by atoms with Crippen molar-refractivity contribution in [2.75, 3.05) is 32.7 Å². The summed E-state index contributed by atoms with van der Waals surface area (Å²) in [6.07, 6.45) is 1.26. The van der Waals surface area contributed by atoms with Gasteiger partial charge in [0.15, 0.2) is 0 Å². The number of phenols is 2. The van der Waals surface area contributed by atoms with Crippen LogP contribution in [0.2, 0.25) is 0 Å². The summed E-state index contributed by atoms with van der Waals surface area (Å²) in [5, 5.41) is 24.2. The van der Waals surface area contributed by atoms with Crippen LogP contribution >= 0.6 is 0 Å². The maximum Gasteiger partial charge on any atom is 0.246 e. The van der Waals surface area contributed by atoms with Crippen LogP contribution in [0.5, 0.6) is 11.5 Å². The fourth-order valence-electron chi connectivity index (χ4n) is 5.98. The number of benzene rings is 2. The molecule has 1 aliphatic rings. The lowest BCUT2D eigenvalue weighted by atomic mass is 9.95. The first kappa shape index (κ1) is 37.2. The molecular formula is C33H50N8O6. The molecule has 47 heavy (non-hydrogen) atoms. The Kier molecular flexibility index (Phi) is 13.9. The molecule has 2 aromatic rings. The molecule has 258 valence electrons. The van der Waals surface area contributed by atoms with Crippen molar-refractivity contribution in [1.82, 2.24) is 15.1 Å². The highest BCUT2D eigenvalue weighted by Gasteiger charge is 2.38. The van der Waals surface area contributed by atoms with Gasteiger partial charge in [-0.05, 0) is 85.7 Å². The third-order valence-corrected chi connectivity index (χ3v) is 8.51. The van der Waals surface area contributed by atoms with E-state index in [1.54, 1.807) is 31.2 Å². The number of carbonyl (C=O) groups excluding carboxylic acids is 4. The predicted molar refractivity (Wildman–Crippen MR) is 179 cm³/mol. The number of nitrogens with two attached hydrogens (primary N) is 5. The van der Waals surface area contributed by atoms with Crippen LogP contribution < -0.4 is 34.0 Å². The number of nitrogens with one attached hydrogen (secondary N) is 1. The number of nitrogens with zero attached hydrogens (tertiary/aromatic N) is 2. The number of primary amides is 1. The third kappa shape index (κ3) is 9.88. The second-order valence-corrected chi connectivity index (χ2v) is 12.0. The molecule has 0 aliphatic carbocycles. The molecule has 0 radical (unpaired) electrons. The Morgan fingerprint density at radius 1 is 0.936 bits per heavy atom. The molecule has 0 aromatic heterocycles. The zero-order valence-electron chi connectivity index (χ0n) is 27.1. The highest BCUT2D eigenvalue weighted by atomic mass is 16.3. The van der Waals surface area contributed by atoms with Crippen molar-refractivity contribution >= 4 is 23.6 Å². The van der Waals surface area contributed by atoms with Crippen molar-refractivity contribution < 1.29 is 29.4 Å². The van der Waals surface area contributed by atoms with Gasteiger partial charge in [-0.15, -0.1) is 0 Å². The minimum absolute atomic E-state index is 0.0278. The molecule has 0 fully saturated rings. The number of likely N-dealkylation sites (N-methyl/N-ethyl adjacent to an activating group) is 1. The first-order chi connectivity index (χ1) is 22.4. The topological polar surface area (TPSA) is 257 Å². The van der Waals surface area contributed by atoms with E-state index in [1.807, 2.05) is 0 Å². The number of carbonyl (C=O) groups is 4. The van der Waals surface area contributed by atoms with Crippen LogP contribution in [0.15, 0.2) is 36.4 Å². The summed E-state index contributed by atoms with van der Waals surface area (Å²) in [6.45, 7) is 2.76. The number of amides is 4. The van der Waals surface area contributed by atoms with Crippen molar-refractivity contribution in [3.05, 3.63) is 47.5 Å². The van der Waals surface area contributed by atoms with Crippen LogP contribution in [0, 0.1) is 0 Å². The molecule has 0 unspecified atom stereocenters. The van der Waals surface area contributed by atoms with Crippen molar-refractivity contribution in [1.29, 1.82) is 0 Å². The summed E-state index contributed by atoms with van der Waals surface area (Å²) >= 11 is 0. The maximum absolute atomic E-state index is 14.4. The summed E-state index contributed by atoms with van der Waals surface area (Å²) in [5.74, 6) is -2.16. The summed E-state index contributed by atoms with van der Waals surface area (Å²) in [4.78, 5) is 56.4. The lowest BCUT2D eigenvalue weighted by molar-refractivity contribution is -0.150. The minimum Gasteiger partial charge on any atom is -0.508 e. The molecule has 0 spiro atoms. The first-order valence-corrected chi connectivity index (χ1v) is 16.1. The Morgan fingerprint density at radius 2 is 1.55 bits per heavy atom. The van der Waals surface area contributed by atoms with E-state index >= 15 is 0 Å². The van der Waals surface area contributed by atoms with Gasteiger partial charge in [-0.3, -0.25) is 19.2 Å². The fraction of sp³-hybridized carbons (Fsp3) is 0.515. The Hall–Kier alpha value is -4.24. The number of aromatic hydroxyl groups is 2. The van der Waals surface area contributed by atoms with Gasteiger partial charge < -0.3 is 54.0 Å². The summed E-state index contributed by atoms with van der Waals surface area (Å²) in [7, 11) is 0. The first-order valence-electron chi connectivity index (χ1n) is 16.1. The zero-order valence-corrected chi connectivity index (χ0v) is 27.1. The smallest absolute Gasteiger partial charge is 0.246 e. The highest BCUT2D eigenvalue weighted by Crippen LogP contribution is 2.32. The van der Waals surface area contributed by atoms with Crippen molar-refractivity contribution in [3.8, 4) is 22.6 Å². The van der Waals surface area contributed by atoms with Gasteiger partial charge in [0.2, 0.25) is 23.6 Å². The molecule has 14 nitrogen and oxygen atoms in total. The maximum atomic E-state index is 14.4. The number of hydrogen-bond donors (Lipinski definition) is 8. The van der Waals surface area contributed by atoms with Crippen molar-refractivity contribution in [3.63, 3.8) is 0 Å². The molecule has 0 saturated carbocycles. The van der Waals surface area contributed by atoms with Gasteiger partial charge in [-0.2, -0.15) is 0 Å². The van der Waals surface area contributed by atoms with E-state index in [1.165, 1.54) is 21.9 Å². The van der Waals surface area contributed by atoms with Crippen LogP contribution in [0.25, 0.3) is 11.1 Å². The van der Waals surface area contributed by atoms with Gasteiger partial charge in [0.1, 0.15) is 23.6 Å². The second kappa shape index (κ2) is 17.6. The molecule has 1 heterocycles. The molecule has 13 N–H and O–H groups in total. The second-order valence-electron chi connectivity index (χ2n) is 12.0. The van der Waals surface area contributed by atoms with E-state index in [0.717, 1.165) is 0 Å². The summed E-state index contributed by atoms with van der Waals surface area (Å²) in [5.41, 5.74) is 32.1. The van der Waals surface area contributed by atoms with Gasteiger partial charge >= 0.3 is 0 Å². The molecule has 4 bridgehead atoms. The van der Waals surface area contributed by atoms with E-state index in [-0.39, 0.29) is 62.7 Å². The normalized spacial score (nSPS) is 19.6. The van der Waals surface area contributed by atoms with E-state index in [0.29, 0.717) is 54.6 Å². The largest absolute Gasteiger partial charge is 0.508 e. The lowest BCUT2D eigenvalue weighted by Gasteiger charge is -2.38. The average Bonchev–Trinajstić information content (AvgIpc) is 3.03. The summed E-state index contributed by atoms with van der Waals surface area (Å²) in [6, 6.07) is 6.00. The Morgan fingerprint density at radius 3 is 2.11 bits per heavy atom. The van der Waals surface area contributed by atoms with Crippen LogP contribution in [0.3, 0.4) is 0 Å². The molecular weight excluding hydrogens is 604 g/mol.